The number of hydrogen-bond donors (Lipinski definition) is 13. The molecule has 2 aliphatic rings. The Morgan fingerprint density at radius 1 is 0.746 bits per heavy atom. The fraction of sp³-hybridized carbons (Fsp3) is 0.707. The summed E-state index contributed by atoms with van der Waals surface area (Å²) >= 11 is 0. The fourth-order valence-electron chi connectivity index (χ4n) is 7.22. The number of aliphatic hydroxyl groups is 1. The molecule has 0 aliphatic carbocycles. The summed E-state index contributed by atoms with van der Waals surface area (Å²) in [5, 5.41) is 41.7. The standard InChI is InChI=1S/C41H68N12O14/c1-19(2)16-27-37(63)50-26(33(43)59)17-30(56)44-18-28(47-23(6)55)38(64)48-24(10-7-8-14-42)35(61)46-21(4)41(67)53-15-9-11-29(53)39(65)49-25(12-13-31(57)58)36(62)52-32(22(5)54)40(66)45-20(3)34(60)51-27/h19-22,24-29,32,54H,7-18,42H2,1-6H3,(H2,43,59)(H,44,56)(H,45,66)(H,46,61)(H,47,55)(H,48,64)(H,49,65)(H,50,63)(H,51,60)(H,52,62)(H,57,58)/t20-,21-,22+,24-,25-,26-,27-,28-,29-,32-/m0/s1. The zero-order chi connectivity index (χ0) is 50.7. The number of fused-ring (bicyclic) bond motifs is 1. The van der Waals surface area contributed by atoms with Crippen molar-refractivity contribution in [1.82, 2.24) is 52.8 Å². The quantitative estimate of drug-likeness (QED) is 0.0812. The number of aliphatic hydroxyl groups excluding tert-OH is 1. The molecule has 11 amide bonds. The lowest BCUT2D eigenvalue weighted by Gasteiger charge is -2.30. The van der Waals surface area contributed by atoms with Crippen LogP contribution in [0.25, 0.3) is 0 Å². The van der Waals surface area contributed by atoms with E-state index in [0.29, 0.717) is 19.3 Å². The minimum absolute atomic E-state index is 0.0120. The minimum Gasteiger partial charge on any atom is -0.481 e. The van der Waals surface area contributed by atoms with E-state index >= 15 is 0 Å². The summed E-state index contributed by atoms with van der Waals surface area (Å²) in [5.74, 6) is -11.8. The highest BCUT2D eigenvalue weighted by molar-refractivity contribution is 5.99. The lowest BCUT2D eigenvalue weighted by Crippen LogP contribution is -2.61. The monoisotopic (exact) mass is 952 g/mol. The lowest BCUT2D eigenvalue weighted by atomic mass is 10.0. The number of rotatable bonds is 12. The summed E-state index contributed by atoms with van der Waals surface area (Å²) in [6.07, 6.45) is -2.33. The van der Waals surface area contributed by atoms with E-state index in [4.69, 9.17) is 11.5 Å². The van der Waals surface area contributed by atoms with Gasteiger partial charge in [-0.3, -0.25) is 57.5 Å². The van der Waals surface area contributed by atoms with Crippen molar-refractivity contribution in [2.45, 2.75) is 160 Å². The average Bonchev–Trinajstić information content (AvgIpc) is 3.73. The van der Waals surface area contributed by atoms with Crippen LogP contribution in [-0.4, -0.2) is 166 Å². The first-order chi connectivity index (χ1) is 31.4. The Hall–Kier alpha value is -6.44. The minimum atomic E-state index is -1.77. The molecule has 376 valence electrons. The van der Waals surface area contributed by atoms with Crippen molar-refractivity contribution < 1.29 is 67.7 Å². The van der Waals surface area contributed by atoms with Crippen molar-refractivity contribution in [2.24, 2.45) is 17.4 Å². The molecule has 26 heteroatoms. The molecule has 2 aliphatic heterocycles. The van der Waals surface area contributed by atoms with Crippen LogP contribution in [0.4, 0.5) is 0 Å². The molecule has 0 unspecified atom stereocenters. The van der Waals surface area contributed by atoms with E-state index in [-0.39, 0.29) is 38.3 Å². The van der Waals surface area contributed by atoms with Crippen molar-refractivity contribution in [2.75, 3.05) is 19.6 Å². The van der Waals surface area contributed by atoms with Gasteiger partial charge >= 0.3 is 5.97 Å². The van der Waals surface area contributed by atoms with Gasteiger partial charge in [0.25, 0.3) is 0 Å². The third-order valence-corrected chi connectivity index (χ3v) is 10.8. The number of unbranched alkanes of at least 4 members (excludes halogenated alkanes) is 1. The second-order valence-corrected chi connectivity index (χ2v) is 17.1. The number of carboxylic acid groups (broad SMARTS) is 1. The molecule has 26 nitrogen and oxygen atoms in total. The van der Waals surface area contributed by atoms with E-state index in [1.807, 2.05) is 0 Å². The first kappa shape index (κ1) is 56.7. The van der Waals surface area contributed by atoms with Gasteiger partial charge in [-0.25, -0.2) is 0 Å². The number of aliphatic carboxylic acids is 1. The smallest absolute Gasteiger partial charge is 0.303 e. The highest BCUT2D eigenvalue weighted by atomic mass is 16.4. The molecule has 0 radical (unpaired) electrons. The van der Waals surface area contributed by atoms with Gasteiger partial charge in [0, 0.05) is 26.4 Å². The fourth-order valence-corrected chi connectivity index (χ4v) is 7.22. The van der Waals surface area contributed by atoms with Crippen LogP contribution < -0.4 is 59.3 Å². The van der Waals surface area contributed by atoms with Crippen molar-refractivity contribution in [3.8, 4) is 0 Å². The molecular weight excluding hydrogens is 885 g/mol. The average molecular weight is 953 g/mol. The predicted octanol–water partition coefficient (Wildman–Crippen LogP) is -5.66. The summed E-state index contributed by atoms with van der Waals surface area (Å²) in [7, 11) is 0. The molecular formula is C41H68N12O14. The van der Waals surface area contributed by atoms with Gasteiger partial charge in [0.15, 0.2) is 0 Å². The topological polar surface area (TPSA) is 409 Å². The first-order valence-corrected chi connectivity index (χ1v) is 22.2. The highest BCUT2D eigenvalue weighted by Gasteiger charge is 2.40. The maximum absolute atomic E-state index is 13.8. The van der Waals surface area contributed by atoms with Crippen molar-refractivity contribution in [1.29, 1.82) is 0 Å². The van der Waals surface area contributed by atoms with Crippen LogP contribution in [0.15, 0.2) is 0 Å². The molecule has 10 atom stereocenters. The Bertz CT molecular complexity index is 1850. The molecule has 2 fully saturated rings. The Labute approximate surface area is 387 Å². The van der Waals surface area contributed by atoms with Gasteiger partial charge < -0.3 is 74.4 Å². The van der Waals surface area contributed by atoms with Crippen LogP contribution >= 0.6 is 0 Å². The molecule has 15 N–H and O–H groups in total. The van der Waals surface area contributed by atoms with Crippen molar-refractivity contribution in [3.05, 3.63) is 0 Å². The third kappa shape index (κ3) is 18.8. The number of amides is 11. The molecule has 0 aromatic carbocycles. The second kappa shape index (κ2) is 27.3. The Kier molecular flexibility index (Phi) is 23.1. The van der Waals surface area contributed by atoms with Crippen LogP contribution in [0.3, 0.4) is 0 Å². The van der Waals surface area contributed by atoms with Crippen LogP contribution in [0.1, 0.15) is 99.3 Å². The van der Waals surface area contributed by atoms with Gasteiger partial charge in [0.1, 0.15) is 54.4 Å². The van der Waals surface area contributed by atoms with Crippen molar-refractivity contribution >= 4 is 70.9 Å². The van der Waals surface area contributed by atoms with Gasteiger partial charge in [-0.15, -0.1) is 0 Å². The summed E-state index contributed by atoms with van der Waals surface area (Å²) in [6.45, 7) is 7.94. The number of primary amides is 1. The number of nitrogens with two attached hydrogens (primary N) is 2. The van der Waals surface area contributed by atoms with Crippen LogP contribution in [0.5, 0.6) is 0 Å². The largest absolute Gasteiger partial charge is 0.481 e. The van der Waals surface area contributed by atoms with Gasteiger partial charge in [-0.2, -0.15) is 0 Å². The highest BCUT2D eigenvalue weighted by Crippen LogP contribution is 2.20. The molecule has 2 heterocycles. The Morgan fingerprint density at radius 2 is 1.33 bits per heavy atom. The van der Waals surface area contributed by atoms with Gasteiger partial charge in [-0.1, -0.05) is 13.8 Å². The summed E-state index contributed by atoms with van der Waals surface area (Å²) < 4.78 is 0. The number of nitrogens with zero attached hydrogens (tertiary/aromatic N) is 1. The SMILES string of the molecule is CC(=O)N[C@H]1CNC(=O)C[C@@H](C(N)=O)NC(=O)[C@H](CC(C)C)NC(=O)[C@H](C)NC(=O)[C@H]([C@@H](C)O)NC(=O)[C@H](CCC(=O)O)NC(=O)[C@@H]2CCCN2C(=O)[C@H](C)NC(=O)[C@H](CCCCN)NC1=O. The lowest BCUT2D eigenvalue weighted by molar-refractivity contribution is -0.142. The molecule has 0 bridgehead atoms. The Morgan fingerprint density at radius 3 is 1.91 bits per heavy atom. The second-order valence-electron chi connectivity index (χ2n) is 17.1. The van der Waals surface area contributed by atoms with Crippen LogP contribution in [0.2, 0.25) is 0 Å². The molecule has 2 rings (SSSR count). The first-order valence-electron chi connectivity index (χ1n) is 22.2. The Balaban J connectivity index is 2.62. The zero-order valence-electron chi connectivity index (χ0n) is 38.7. The van der Waals surface area contributed by atoms with E-state index < -0.39 is 157 Å². The van der Waals surface area contributed by atoms with E-state index in [1.165, 1.54) is 13.8 Å². The number of carbonyl (C=O) groups excluding carboxylic acids is 11. The maximum Gasteiger partial charge on any atom is 0.303 e. The van der Waals surface area contributed by atoms with E-state index in [0.717, 1.165) is 18.7 Å². The van der Waals surface area contributed by atoms with E-state index in [9.17, 15) is 67.7 Å². The zero-order valence-corrected chi connectivity index (χ0v) is 38.7. The molecule has 0 aromatic rings. The van der Waals surface area contributed by atoms with E-state index in [2.05, 4.69) is 47.9 Å². The number of carboxylic acids is 1. The third-order valence-electron chi connectivity index (χ3n) is 10.8. The van der Waals surface area contributed by atoms with Gasteiger partial charge in [0.05, 0.1) is 12.5 Å². The maximum atomic E-state index is 13.8. The number of carbonyl (C=O) groups is 12. The van der Waals surface area contributed by atoms with Crippen LogP contribution in [0, 0.1) is 5.92 Å². The number of nitrogens with one attached hydrogen (secondary N) is 9. The summed E-state index contributed by atoms with van der Waals surface area (Å²) in [5.41, 5.74) is 11.2. The van der Waals surface area contributed by atoms with E-state index in [1.54, 1.807) is 13.8 Å². The van der Waals surface area contributed by atoms with Crippen molar-refractivity contribution in [3.63, 3.8) is 0 Å². The molecule has 0 aromatic heterocycles. The summed E-state index contributed by atoms with van der Waals surface area (Å²) in [6, 6.07) is -13.1. The molecule has 67 heavy (non-hydrogen) atoms. The summed E-state index contributed by atoms with van der Waals surface area (Å²) in [4.78, 5) is 160. The van der Waals surface area contributed by atoms with Crippen LogP contribution in [-0.2, 0) is 57.5 Å². The van der Waals surface area contributed by atoms with Gasteiger partial charge in [0.2, 0.25) is 65.0 Å². The number of hydrogen-bond acceptors (Lipinski definition) is 14. The van der Waals surface area contributed by atoms with Gasteiger partial charge in [-0.05, 0) is 78.2 Å². The normalized spacial score (nSPS) is 27.7. The molecule has 0 spiro atoms. The molecule has 2 saturated heterocycles. The molecule has 0 saturated carbocycles. The predicted molar refractivity (Wildman–Crippen MR) is 235 cm³/mol.